The summed E-state index contributed by atoms with van der Waals surface area (Å²) in [4.78, 5) is 2.18. The minimum atomic E-state index is -0.214. The molecule has 1 aliphatic heterocycles. The Hall–Kier alpha value is -1.29. The molecule has 4 heteroatoms. The van der Waals surface area contributed by atoms with Crippen LogP contribution in [0.4, 0.5) is 10.1 Å². The molecule has 2 rings (SSSR count). The van der Waals surface area contributed by atoms with Gasteiger partial charge < -0.3 is 15.4 Å². The first-order valence-corrected chi connectivity index (χ1v) is 7.99. The molecule has 1 fully saturated rings. The maximum atomic E-state index is 13.6. The number of halogens is 1. The quantitative estimate of drug-likeness (QED) is 0.815. The fourth-order valence-corrected chi connectivity index (χ4v) is 2.67. The van der Waals surface area contributed by atoms with Crippen molar-refractivity contribution >= 4 is 5.69 Å². The first-order chi connectivity index (χ1) is 10.1. The van der Waals surface area contributed by atoms with E-state index in [1.807, 2.05) is 0 Å². The number of benzene rings is 1. The molecule has 2 N–H and O–H groups in total. The van der Waals surface area contributed by atoms with E-state index in [2.05, 4.69) is 18.7 Å². The van der Waals surface area contributed by atoms with E-state index < -0.39 is 0 Å². The largest absolute Gasteiger partial charge is 0.491 e. The van der Waals surface area contributed by atoms with Gasteiger partial charge in [-0.2, -0.15) is 0 Å². The summed E-state index contributed by atoms with van der Waals surface area (Å²) in [7, 11) is 0. The molecule has 118 valence electrons. The molecule has 0 bridgehead atoms. The molecule has 0 atom stereocenters. The summed E-state index contributed by atoms with van der Waals surface area (Å²) < 4.78 is 19.4. The standard InChI is InChI=1S/C17H27FN2O/c1-13(2)4-3-11-21-17-6-5-14(18)12-16(17)20-9-7-15(19)8-10-20/h5-6,12-13,15H,3-4,7-11,19H2,1-2H3. The third-order valence-corrected chi connectivity index (χ3v) is 3.98. The van der Waals surface area contributed by atoms with Gasteiger partial charge in [0.15, 0.2) is 0 Å². The van der Waals surface area contributed by atoms with Crippen LogP contribution < -0.4 is 15.4 Å². The zero-order valence-corrected chi connectivity index (χ0v) is 13.1. The van der Waals surface area contributed by atoms with Crippen molar-refractivity contribution in [2.75, 3.05) is 24.6 Å². The maximum Gasteiger partial charge on any atom is 0.142 e. The number of hydrogen-bond acceptors (Lipinski definition) is 3. The van der Waals surface area contributed by atoms with Crippen molar-refractivity contribution in [1.29, 1.82) is 0 Å². The van der Waals surface area contributed by atoms with Crippen molar-refractivity contribution < 1.29 is 9.13 Å². The Bertz CT molecular complexity index is 442. The van der Waals surface area contributed by atoms with Gasteiger partial charge in [-0.15, -0.1) is 0 Å². The van der Waals surface area contributed by atoms with Crippen molar-refractivity contribution in [3.8, 4) is 5.75 Å². The van der Waals surface area contributed by atoms with Gasteiger partial charge in [-0.3, -0.25) is 0 Å². The summed E-state index contributed by atoms with van der Waals surface area (Å²) in [6.07, 6.45) is 4.07. The molecule has 0 radical (unpaired) electrons. The smallest absolute Gasteiger partial charge is 0.142 e. The van der Waals surface area contributed by atoms with Crippen LogP contribution in [-0.2, 0) is 0 Å². The van der Waals surface area contributed by atoms with Crippen LogP contribution in [0.3, 0.4) is 0 Å². The van der Waals surface area contributed by atoms with Gasteiger partial charge in [0.05, 0.1) is 12.3 Å². The molecule has 0 spiro atoms. The normalized spacial score (nSPS) is 16.5. The Morgan fingerprint density at radius 3 is 2.71 bits per heavy atom. The van der Waals surface area contributed by atoms with Gasteiger partial charge >= 0.3 is 0 Å². The molecule has 1 aromatic rings. The van der Waals surface area contributed by atoms with E-state index in [4.69, 9.17) is 10.5 Å². The second kappa shape index (κ2) is 7.64. The first-order valence-electron chi connectivity index (χ1n) is 7.99. The van der Waals surface area contributed by atoms with E-state index in [0.29, 0.717) is 12.5 Å². The van der Waals surface area contributed by atoms with Crippen molar-refractivity contribution in [1.82, 2.24) is 0 Å². The van der Waals surface area contributed by atoms with E-state index in [-0.39, 0.29) is 11.9 Å². The maximum absolute atomic E-state index is 13.6. The number of piperidine rings is 1. The zero-order chi connectivity index (χ0) is 15.2. The predicted molar refractivity (Wildman–Crippen MR) is 85.4 cm³/mol. The average molecular weight is 294 g/mol. The summed E-state index contributed by atoms with van der Waals surface area (Å²) >= 11 is 0. The van der Waals surface area contributed by atoms with Crippen LogP contribution >= 0.6 is 0 Å². The van der Waals surface area contributed by atoms with Crippen LogP contribution in [0.1, 0.15) is 39.5 Å². The van der Waals surface area contributed by atoms with Crippen LogP contribution in [0.2, 0.25) is 0 Å². The van der Waals surface area contributed by atoms with Crippen molar-refractivity contribution in [3.05, 3.63) is 24.0 Å². The summed E-state index contributed by atoms with van der Waals surface area (Å²) in [6.45, 7) is 6.84. The van der Waals surface area contributed by atoms with Gasteiger partial charge in [-0.1, -0.05) is 13.8 Å². The molecule has 1 heterocycles. The van der Waals surface area contributed by atoms with E-state index in [1.54, 1.807) is 12.1 Å². The second-order valence-corrected chi connectivity index (χ2v) is 6.32. The summed E-state index contributed by atoms with van der Waals surface area (Å²) in [5.74, 6) is 1.26. The van der Waals surface area contributed by atoms with Crippen LogP contribution in [-0.4, -0.2) is 25.7 Å². The highest BCUT2D eigenvalue weighted by molar-refractivity contribution is 5.59. The lowest BCUT2D eigenvalue weighted by atomic mass is 10.1. The van der Waals surface area contributed by atoms with Gasteiger partial charge in [0.25, 0.3) is 0 Å². The van der Waals surface area contributed by atoms with Crippen LogP contribution in [0.5, 0.6) is 5.75 Å². The van der Waals surface area contributed by atoms with Crippen molar-refractivity contribution in [2.45, 2.75) is 45.6 Å². The number of hydrogen-bond donors (Lipinski definition) is 1. The second-order valence-electron chi connectivity index (χ2n) is 6.32. The molecular formula is C17H27FN2O. The van der Waals surface area contributed by atoms with Gasteiger partial charge in [0.1, 0.15) is 11.6 Å². The Labute approximate surface area is 127 Å². The molecule has 1 aromatic carbocycles. The molecule has 21 heavy (non-hydrogen) atoms. The summed E-state index contributed by atoms with van der Waals surface area (Å²) in [6, 6.07) is 5.06. The molecule has 1 aliphatic rings. The lowest BCUT2D eigenvalue weighted by Crippen LogP contribution is -2.39. The van der Waals surface area contributed by atoms with E-state index in [9.17, 15) is 4.39 Å². The third-order valence-electron chi connectivity index (χ3n) is 3.98. The fraction of sp³-hybridized carbons (Fsp3) is 0.647. The highest BCUT2D eigenvalue weighted by Gasteiger charge is 2.19. The average Bonchev–Trinajstić information content (AvgIpc) is 2.45. The summed E-state index contributed by atoms with van der Waals surface area (Å²) in [5.41, 5.74) is 6.80. The topological polar surface area (TPSA) is 38.5 Å². The fourth-order valence-electron chi connectivity index (χ4n) is 2.67. The van der Waals surface area contributed by atoms with E-state index in [0.717, 1.165) is 50.2 Å². The van der Waals surface area contributed by atoms with Crippen LogP contribution in [0, 0.1) is 11.7 Å². The third kappa shape index (κ3) is 4.88. The SMILES string of the molecule is CC(C)CCCOc1ccc(F)cc1N1CCC(N)CC1. The van der Waals surface area contributed by atoms with Crippen molar-refractivity contribution in [3.63, 3.8) is 0 Å². The van der Waals surface area contributed by atoms with Crippen LogP contribution in [0.15, 0.2) is 18.2 Å². The minimum Gasteiger partial charge on any atom is -0.491 e. The lowest BCUT2D eigenvalue weighted by molar-refractivity contribution is 0.297. The Morgan fingerprint density at radius 1 is 1.33 bits per heavy atom. The van der Waals surface area contributed by atoms with E-state index >= 15 is 0 Å². The van der Waals surface area contributed by atoms with Gasteiger partial charge in [-0.05, 0) is 43.7 Å². The highest BCUT2D eigenvalue weighted by Crippen LogP contribution is 2.31. The lowest BCUT2D eigenvalue weighted by Gasteiger charge is -2.33. The number of nitrogens with two attached hydrogens (primary N) is 1. The molecular weight excluding hydrogens is 267 g/mol. The van der Waals surface area contributed by atoms with Crippen molar-refractivity contribution in [2.24, 2.45) is 11.7 Å². The van der Waals surface area contributed by atoms with Gasteiger partial charge in [-0.25, -0.2) is 4.39 Å². The minimum absolute atomic E-state index is 0.214. The Kier molecular flexibility index (Phi) is 5.85. The highest BCUT2D eigenvalue weighted by atomic mass is 19.1. The number of anilines is 1. The molecule has 0 aliphatic carbocycles. The zero-order valence-electron chi connectivity index (χ0n) is 13.1. The van der Waals surface area contributed by atoms with E-state index in [1.165, 1.54) is 6.07 Å². The monoisotopic (exact) mass is 294 g/mol. The van der Waals surface area contributed by atoms with Gasteiger partial charge in [0, 0.05) is 25.2 Å². The predicted octanol–water partition coefficient (Wildman–Crippen LogP) is 3.57. The number of ether oxygens (including phenoxy) is 1. The Balaban J connectivity index is 2.00. The summed E-state index contributed by atoms with van der Waals surface area (Å²) in [5, 5.41) is 0. The number of nitrogens with zero attached hydrogens (tertiary/aromatic N) is 1. The molecule has 0 amide bonds. The van der Waals surface area contributed by atoms with Gasteiger partial charge in [0.2, 0.25) is 0 Å². The molecule has 3 nitrogen and oxygen atoms in total. The first kappa shape index (κ1) is 16.1. The Morgan fingerprint density at radius 2 is 2.05 bits per heavy atom. The molecule has 0 aromatic heterocycles. The number of rotatable bonds is 6. The van der Waals surface area contributed by atoms with Crippen LogP contribution in [0.25, 0.3) is 0 Å². The molecule has 0 saturated carbocycles. The molecule has 1 saturated heterocycles. The molecule has 0 unspecified atom stereocenters.